The Morgan fingerprint density at radius 1 is 1.05 bits per heavy atom. The Bertz CT molecular complexity index is 800. The van der Waals surface area contributed by atoms with Gasteiger partial charge in [-0.2, -0.15) is 0 Å². The average Bonchev–Trinajstić information content (AvgIpc) is 2.59. The van der Waals surface area contributed by atoms with Crippen LogP contribution in [0, 0.1) is 0 Å². The van der Waals surface area contributed by atoms with E-state index in [0.29, 0.717) is 23.4 Å². The number of fused-ring (bicyclic) bond motifs is 1. The maximum Gasteiger partial charge on any atom is 0.341 e. The standard InChI is InChI=1S/C18H15NO3/c1-21-18(20)15-10-9-14-8-5-11-19-16(14)17(15)22-12-13-6-3-2-4-7-13/h2-11H,12H2,1H3. The number of carbonyl (C=O) groups excluding carboxylic acids is 1. The van der Waals surface area contributed by atoms with Gasteiger partial charge in [0.1, 0.15) is 17.7 Å². The number of carbonyl (C=O) groups is 1. The van der Waals surface area contributed by atoms with Crippen molar-refractivity contribution in [3.63, 3.8) is 0 Å². The second-order valence-electron chi connectivity index (χ2n) is 4.78. The molecule has 0 aliphatic heterocycles. The summed E-state index contributed by atoms with van der Waals surface area (Å²) in [5.41, 5.74) is 2.05. The zero-order valence-electron chi connectivity index (χ0n) is 12.2. The SMILES string of the molecule is COC(=O)c1ccc2cccnc2c1OCc1ccccc1. The van der Waals surface area contributed by atoms with Gasteiger partial charge in [0.05, 0.1) is 7.11 Å². The average molecular weight is 293 g/mol. The Labute approximate surface area is 128 Å². The van der Waals surface area contributed by atoms with Crippen molar-refractivity contribution in [1.82, 2.24) is 4.98 Å². The number of rotatable bonds is 4. The summed E-state index contributed by atoms with van der Waals surface area (Å²) in [6, 6.07) is 17.1. The van der Waals surface area contributed by atoms with Crippen LogP contribution in [0.1, 0.15) is 15.9 Å². The van der Waals surface area contributed by atoms with Crippen molar-refractivity contribution >= 4 is 16.9 Å². The molecule has 0 amide bonds. The van der Waals surface area contributed by atoms with Gasteiger partial charge >= 0.3 is 5.97 Å². The van der Waals surface area contributed by atoms with E-state index in [1.54, 1.807) is 12.3 Å². The van der Waals surface area contributed by atoms with E-state index in [1.165, 1.54) is 7.11 Å². The molecular weight excluding hydrogens is 278 g/mol. The lowest BCUT2D eigenvalue weighted by Gasteiger charge is -2.12. The van der Waals surface area contributed by atoms with E-state index in [4.69, 9.17) is 9.47 Å². The topological polar surface area (TPSA) is 48.4 Å². The number of hydrogen-bond donors (Lipinski definition) is 0. The van der Waals surface area contributed by atoms with Crippen molar-refractivity contribution < 1.29 is 14.3 Å². The summed E-state index contributed by atoms with van der Waals surface area (Å²) in [4.78, 5) is 16.3. The highest BCUT2D eigenvalue weighted by molar-refractivity contribution is 5.99. The maximum absolute atomic E-state index is 12.0. The summed E-state index contributed by atoms with van der Waals surface area (Å²) >= 11 is 0. The monoisotopic (exact) mass is 293 g/mol. The molecule has 0 unspecified atom stereocenters. The van der Waals surface area contributed by atoms with Crippen molar-refractivity contribution in [3.8, 4) is 5.75 Å². The van der Waals surface area contributed by atoms with E-state index < -0.39 is 5.97 Å². The quantitative estimate of drug-likeness (QED) is 0.690. The van der Waals surface area contributed by atoms with Crippen LogP contribution < -0.4 is 4.74 Å². The van der Waals surface area contributed by atoms with Crippen molar-refractivity contribution in [2.75, 3.05) is 7.11 Å². The van der Waals surface area contributed by atoms with Gasteiger partial charge in [-0.15, -0.1) is 0 Å². The van der Waals surface area contributed by atoms with Crippen LogP contribution in [0.3, 0.4) is 0 Å². The van der Waals surface area contributed by atoms with Gasteiger partial charge in [0.15, 0.2) is 5.75 Å². The molecule has 0 saturated heterocycles. The highest BCUT2D eigenvalue weighted by Crippen LogP contribution is 2.29. The van der Waals surface area contributed by atoms with Gasteiger partial charge in [0.25, 0.3) is 0 Å². The number of pyridine rings is 1. The third-order valence-electron chi connectivity index (χ3n) is 3.36. The summed E-state index contributed by atoms with van der Waals surface area (Å²) < 4.78 is 10.7. The predicted octanol–water partition coefficient (Wildman–Crippen LogP) is 3.60. The van der Waals surface area contributed by atoms with Gasteiger partial charge in [-0.3, -0.25) is 4.98 Å². The van der Waals surface area contributed by atoms with E-state index in [0.717, 1.165) is 10.9 Å². The van der Waals surface area contributed by atoms with E-state index >= 15 is 0 Å². The lowest BCUT2D eigenvalue weighted by molar-refractivity contribution is 0.0596. The van der Waals surface area contributed by atoms with Crippen LogP contribution in [0.2, 0.25) is 0 Å². The minimum Gasteiger partial charge on any atom is -0.486 e. The molecule has 0 spiro atoms. The molecule has 4 heteroatoms. The second-order valence-corrected chi connectivity index (χ2v) is 4.78. The Kier molecular flexibility index (Phi) is 4.01. The molecule has 22 heavy (non-hydrogen) atoms. The maximum atomic E-state index is 12.0. The summed E-state index contributed by atoms with van der Waals surface area (Å²) in [6.45, 7) is 0.362. The largest absolute Gasteiger partial charge is 0.486 e. The minimum absolute atomic E-state index is 0.362. The molecule has 1 heterocycles. The van der Waals surface area contributed by atoms with Crippen LogP contribution >= 0.6 is 0 Å². The minimum atomic E-state index is -0.435. The second kappa shape index (κ2) is 6.26. The smallest absolute Gasteiger partial charge is 0.341 e. The molecule has 0 aliphatic rings. The molecule has 0 aliphatic carbocycles. The number of hydrogen-bond acceptors (Lipinski definition) is 4. The lowest BCUT2D eigenvalue weighted by atomic mass is 10.1. The molecule has 1 aromatic heterocycles. The molecule has 3 rings (SSSR count). The summed E-state index contributed by atoms with van der Waals surface area (Å²) in [7, 11) is 1.35. The van der Waals surface area contributed by atoms with Crippen LogP contribution in [-0.4, -0.2) is 18.1 Å². The van der Waals surface area contributed by atoms with Crippen LogP contribution in [0.25, 0.3) is 10.9 Å². The Morgan fingerprint density at radius 2 is 1.86 bits per heavy atom. The molecule has 0 fully saturated rings. The number of esters is 1. The van der Waals surface area contributed by atoms with Crippen LogP contribution in [0.4, 0.5) is 0 Å². The zero-order valence-corrected chi connectivity index (χ0v) is 12.2. The van der Waals surface area contributed by atoms with Gasteiger partial charge < -0.3 is 9.47 Å². The zero-order chi connectivity index (χ0) is 15.4. The summed E-state index contributed by atoms with van der Waals surface area (Å²) in [6.07, 6.45) is 1.68. The Balaban J connectivity index is 2.02. The molecular formula is C18H15NO3. The van der Waals surface area contributed by atoms with Crippen LogP contribution in [0.5, 0.6) is 5.75 Å². The third kappa shape index (κ3) is 2.76. The first-order valence-electron chi connectivity index (χ1n) is 6.92. The highest BCUT2D eigenvalue weighted by Gasteiger charge is 2.17. The molecule has 0 N–H and O–H groups in total. The fourth-order valence-corrected chi connectivity index (χ4v) is 2.26. The Morgan fingerprint density at radius 3 is 2.64 bits per heavy atom. The number of aromatic nitrogens is 1. The van der Waals surface area contributed by atoms with Gasteiger partial charge in [-0.1, -0.05) is 42.5 Å². The number of methoxy groups -OCH3 is 1. The predicted molar refractivity (Wildman–Crippen MR) is 83.9 cm³/mol. The van der Waals surface area contributed by atoms with Crippen LogP contribution in [-0.2, 0) is 11.3 Å². The number of ether oxygens (including phenoxy) is 2. The molecule has 0 radical (unpaired) electrons. The first-order valence-corrected chi connectivity index (χ1v) is 6.92. The van der Waals surface area contributed by atoms with Gasteiger partial charge in [0.2, 0.25) is 0 Å². The first-order chi connectivity index (χ1) is 10.8. The Hall–Kier alpha value is -2.88. The van der Waals surface area contributed by atoms with Crippen molar-refractivity contribution in [3.05, 3.63) is 71.9 Å². The van der Waals surface area contributed by atoms with Crippen LogP contribution in [0.15, 0.2) is 60.8 Å². The molecule has 0 saturated carbocycles. The highest BCUT2D eigenvalue weighted by atomic mass is 16.5. The van der Waals surface area contributed by atoms with Crippen molar-refractivity contribution in [1.29, 1.82) is 0 Å². The van der Waals surface area contributed by atoms with Gasteiger partial charge in [-0.05, 0) is 17.7 Å². The van der Waals surface area contributed by atoms with E-state index in [2.05, 4.69) is 4.98 Å². The summed E-state index contributed by atoms with van der Waals surface area (Å²) in [5.74, 6) is 0.0180. The van der Waals surface area contributed by atoms with E-state index in [1.807, 2.05) is 48.5 Å². The normalized spacial score (nSPS) is 10.4. The molecule has 4 nitrogen and oxygen atoms in total. The van der Waals surface area contributed by atoms with E-state index in [9.17, 15) is 4.79 Å². The molecule has 2 aromatic carbocycles. The first kappa shape index (κ1) is 14.1. The van der Waals surface area contributed by atoms with Crippen molar-refractivity contribution in [2.24, 2.45) is 0 Å². The van der Waals surface area contributed by atoms with Gasteiger partial charge in [-0.25, -0.2) is 4.79 Å². The number of nitrogens with zero attached hydrogens (tertiary/aromatic N) is 1. The third-order valence-corrected chi connectivity index (χ3v) is 3.36. The van der Waals surface area contributed by atoms with Crippen molar-refractivity contribution in [2.45, 2.75) is 6.61 Å². The van der Waals surface area contributed by atoms with Gasteiger partial charge in [0, 0.05) is 11.6 Å². The lowest BCUT2D eigenvalue weighted by Crippen LogP contribution is -2.07. The molecule has 3 aromatic rings. The fraction of sp³-hybridized carbons (Fsp3) is 0.111. The molecule has 110 valence electrons. The fourth-order valence-electron chi connectivity index (χ4n) is 2.26. The summed E-state index contributed by atoms with van der Waals surface area (Å²) in [5, 5.41) is 0.915. The molecule has 0 atom stereocenters. The number of benzene rings is 2. The van der Waals surface area contributed by atoms with E-state index in [-0.39, 0.29) is 0 Å². The molecule has 0 bridgehead atoms.